The van der Waals surface area contributed by atoms with Gasteiger partial charge in [0.05, 0.1) is 6.61 Å². The normalized spacial score (nSPS) is 25.3. The average Bonchev–Trinajstić information content (AvgIpc) is 2.69. The van der Waals surface area contributed by atoms with Crippen LogP contribution in [-0.2, 0) is 14.9 Å². The Labute approximate surface area is 116 Å². The number of hydrogen-bond donors (Lipinski definition) is 1. The molecule has 0 bridgehead atoms. The highest BCUT2D eigenvalue weighted by Gasteiger charge is 2.32. The Morgan fingerprint density at radius 3 is 2.47 bits per heavy atom. The van der Waals surface area contributed by atoms with Crippen LogP contribution in [0.4, 0.5) is 0 Å². The minimum Gasteiger partial charge on any atom is -0.380 e. The van der Waals surface area contributed by atoms with Gasteiger partial charge in [-0.25, -0.2) is 0 Å². The monoisotopic (exact) mass is 291 g/mol. The van der Waals surface area contributed by atoms with Crippen LogP contribution in [0.5, 0.6) is 0 Å². The lowest BCUT2D eigenvalue weighted by Gasteiger charge is -2.34. The molecule has 0 unspecified atom stereocenters. The minimum atomic E-state index is -3.28. The zero-order valence-electron chi connectivity index (χ0n) is 11.7. The Morgan fingerprint density at radius 2 is 1.79 bits per heavy atom. The molecule has 6 nitrogen and oxygen atoms in total. The van der Waals surface area contributed by atoms with E-state index in [0.29, 0.717) is 45.3 Å². The van der Waals surface area contributed by atoms with Gasteiger partial charge >= 0.3 is 0 Å². The van der Waals surface area contributed by atoms with Crippen LogP contribution in [-0.4, -0.2) is 70.0 Å². The van der Waals surface area contributed by atoms with Crippen molar-refractivity contribution in [1.82, 2.24) is 13.9 Å². The molecular weight excluding hydrogens is 266 g/mol. The second-order valence-corrected chi connectivity index (χ2v) is 7.20. The summed E-state index contributed by atoms with van der Waals surface area (Å²) in [6.45, 7) is 4.51. The number of rotatable bonds is 4. The van der Waals surface area contributed by atoms with Gasteiger partial charge in [0.1, 0.15) is 0 Å². The molecule has 2 fully saturated rings. The molecule has 0 aliphatic carbocycles. The molecule has 0 atom stereocenters. The van der Waals surface area contributed by atoms with Crippen LogP contribution in [0, 0.1) is 5.92 Å². The molecule has 2 aliphatic heterocycles. The topological polar surface area (TPSA) is 61.9 Å². The smallest absolute Gasteiger partial charge is 0.282 e. The molecule has 0 spiro atoms. The van der Waals surface area contributed by atoms with Gasteiger partial charge in [-0.15, -0.1) is 0 Å². The molecule has 1 N–H and O–H groups in total. The maximum Gasteiger partial charge on any atom is 0.282 e. The highest BCUT2D eigenvalue weighted by Crippen LogP contribution is 2.21. The minimum absolute atomic E-state index is 0.485. The summed E-state index contributed by atoms with van der Waals surface area (Å²) < 4.78 is 33.6. The molecule has 7 heteroatoms. The van der Waals surface area contributed by atoms with E-state index >= 15 is 0 Å². The fraction of sp³-hybridized carbons (Fsp3) is 1.00. The third-order valence-electron chi connectivity index (χ3n) is 3.90. The quantitative estimate of drug-likeness (QED) is 0.785. The Morgan fingerprint density at radius 1 is 1.11 bits per heavy atom. The maximum absolute atomic E-state index is 12.5. The van der Waals surface area contributed by atoms with Crippen molar-refractivity contribution < 1.29 is 13.2 Å². The molecule has 2 aliphatic rings. The van der Waals surface area contributed by atoms with Crippen LogP contribution < -0.4 is 5.32 Å². The van der Waals surface area contributed by atoms with Crippen molar-refractivity contribution in [2.24, 2.45) is 5.92 Å². The summed E-state index contributed by atoms with van der Waals surface area (Å²) in [5.74, 6) is 0.601. The highest BCUT2D eigenvalue weighted by atomic mass is 32.2. The molecule has 0 radical (unpaired) electrons. The SMILES string of the molecule is CNCC1CCN(S(=O)(=O)N2CCCOCC2)CC1. The second-order valence-electron chi connectivity index (χ2n) is 5.27. The van der Waals surface area contributed by atoms with Gasteiger partial charge in [0.2, 0.25) is 0 Å². The molecule has 2 saturated heterocycles. The number of nitrogens with zero attached hydrogens (tertiary/aromatic N) is 2. The molecular formula is C12H25N3O3S. The van der Waals surface area contributed by atoms with Crippen molar-refractivity contribution in [3.63, 3.8) is 0 Å². The molecule has 0 aromatic rings. The van der Waals surface area contributed by atoms with Crippen molar-refractivity contribution in [3.05, 3.63) is 0 Å². The van der Waals surface area contributed by atoms with Gasteiger partial charge in [-0.2, -0.15) is 17.0 Å². The fourth-order valence-electron chi connectivity index (χ4n) is 2.75. The van der Waals surface area contributed by atoms with Gasteiger partial charge in [0, 0.05) is 32.8 Å². The van der Waals surface area contributed by atoms with Crippen molar-refractivity contribution >= 4 is 10.2 Å². The molecule has 2 heterocycles. The lowest BCUT2D eigenvalue weighted by Crippen LogP contribution is -2.48. The number of nitrogens with one attached hydrogen (secondary N) is 1. The van der Waals surface area contributed by atoms with E-state index in [-0.39, 0.29) is 0 Å². The number of piperidine rings is 1. The molecule has 0 aromatic heterocycles. The first-order valence-corrected chi connectivity index (χ1v) is 8.52. The standard InChI is InChI=1S/C12H25N3O3S/c1-13-11-12-3-6-15(7-4-12)19(16,17)14-5-2-9-18-10-8-14/h12-13H,2-11H2,1H3. The first-order valence-electron chi connectivity index (χ1n) is 7.12. The number of hydrogen-bond acceptors (Lipinski definition) is 4. The van der Waals surface area contributed by atoms with Gasteiger partial charge in [-0.3, -0.25) is 0 Å². The predicted octanol–water partition coefficient (Wildman–Crippen LogP) is -0.115. The zero-order valence-corrected chi connectivity index (χ0v) is 12.5. The van der Waals surface area contributed by atoms with Crippen LogP contribution in [0.25, 0.3) is 0 Å². The average molecular weight is 291 g/mol. The van der Waals surface area contributed by atoms with Crippen LogP contribution in [0.1, 0.15) is 19.3 Å². The summed E-state index contributed by atoms with van der Waals surface area (Å²) in [6, 6.07) is 0. The van der Waals surface area contributed by atoms with Crippen molar-refractivity contribution in [2.75, 3.05) is 53.0 Å². The lowest BCUT2D eigenvalue weighted by atomic mass is 9.98. The summed E-state index contributed by atoms with van der Waals surface area (Å²) in [4.78, 5) is 0. The summed E-state index contributed by atoms with van der Waals surface area (Å²) in [7, 11) is -1.34. The summed E-state index contributed by atoms with van der Waals surface area (Å²) in [5.41, 5.74) is 0. The maximum atomic E-state index is 12.5. The van der Waals surface area contributed by atoms with E-state index in [4.69, 9.17) is 4.74 Å². The Bertz CT molecular complexity index is 358. The van der Waals surface area contributed by atoms with E-state index < -0.39 is 10.2 Å². The third-order valence-corrected chi connectivity index (χ3v) is 5.94. The first kappa shape index (κ1) is 15.2. The lowest BCUT2D eigenvalue weighted by molar-refractivity contribution is 0.147. The fourth-order valence-corrected chi connectivity index (χ4v) is 4.41. The van der Waals surface area contributed by atoms with E-state index in [2.05, 4.69) is 5.32 Å². The van der Waals surface area contributed by atoms with Crippen LogP contribution in [0.3, 0.4) is 0 Å². The van der Waals surface area contributed by atoms with Gasteiger partial charge in [-0.1, -0.05) is 0 Å². The van der Waals surface area contributed by atoms with Gasteiger partial charge in [0.25, 0.3) is 10.2 Å². The second kappa shape index (κ2) is 6.99. The van der Waals surface area contributed by atoms with Crippen molar-refractivity contribution in [3.8, 4) is 0 Å². The van der Waals surface area contributed by atoms with E-state index in [1.165, 1.54) is 0 Å². The Hall–Kier alpha value is -0.210. The number of ether oxygens (including phenoxy) is 1. The summed E-state index contributed by atoms with van der Waals surface area (Å²) in [5, 5.41) is 3.17. The zero-order chi connectivity index (χ0) is 13.7. The van der Waals surface area contributed by atoms with E-state index in [1.807, 2.05) is 7.05 Å². The first-order chi connectivity index (χ1) is 9.14. The van der Waals surface area contributed by atoms with Crippen molar-refractivity contribution in [2.45, 2.75) is 19.3 Å². The van der Waals surface area contributed by atoms with Crippen LogP contribution >= 0.6 is 0 Å². The molecule has 112 valence electrons. The van der Waals surface area contributed by atoms with Gasteiger partial charge < -0.3 is 10.1 Å². The molecule has 0 saturated carbocycles. The largest absolute Gasteiger partial charge is 0.380 e. The van der Waals surface area contributed by atoms with E-state index in [1.54, 1.807) is 8.61 Å². The highest BCUT2D eigenvalue weighted by molar-refractivity contribution is 7.86. The third kappa shape index (κ3) is 3.88. The van der Waals surface area contributed by atoms with Crippen molar-refractivity contribution in [1.29, 1.82) is 0 Å². The van der Waals surface area contributed by atoms with E-state index in [0.717, 1.165) is 25.8 Å². The van der Waals surface area contributed by atoms with Gasteiger partial charge in [-0.05, 0) is 38.8 Å². The molecule has 2 rings (SSSR count). The van der Waals surface area contributed by atoms with E-state index in [9.17, 15) is 8.42 Å². The van der Waals surface area contributed by atoms with Gasteiger partial charge in [0.15, 0.2) is 0 Å². The Kier molecular flexibility index (Phi) is 5.58. The summed E-state index contributed by atoms with van der Waals surface area (Å²) >= 11 is 0. The molecule has 0 aromatic carbocycles. The Balaban J connectivity index is 1.92. The van der Waals surface area contributed by atoms with Crippen LogP contribution in [0.15, 0.2) is 0 Å². The predicted molar refractivity (Wildman–Crippen MR) is 74.2 cm³/mol. The molecule has 19 heavy (non-hydrogen) atoms. The van der Waals surface area contributed by atoms with Crippen LogP contribution in [0.2, 0.25) is 0 Å². The molecule has 0 amide bonds. The summed E-state index contributed by atoms with van der Waals surface area (Å²) in [6.07, 6.45) is 2.68.